The van der Waals surface area contributed by atoms with Crippen molar-refractivity contribution in [2.75, 3.05) is 13.2 Å². The van der Waals surface area contributed by atoms with Crippen molar-refractivity contribution in [1.82, 2.24) is 5.32 Å². The van der Waals surface area contributed by atoms with E-state index in [-0.39, 0.29) is 6.61 Å². The summed E-state index contributed by atoms with van der Waals surface area (Å²) in [6, 6.07) is 16.8. The molecule has 1 N–H and O–H groups in total. The van der Waals surface area contributed by atoms with Gasteiger partial charge in [-0.05, 0) is 0 Å². The Labute approximate surface area is 349 Å². The van der Waals surface area contributed by atoms with Crippen LogP contribution in [-0.2, 0) is 78.0 Å². The van der Waals surface area contributed by atoms with Crippen LogP contribution in [0.25, 0.3) is 0 Å². The molecule has 57 heavy (non-hydrogen) atoms. The number of hydrogen-bond donors (Lipinski definition) is 1. The second-order valence-electron chi connectivity index (χ2n) is 12.7. The molecule has 2 aromatic rings. The summed E-state index contributed by atoms with van der Waals surface area (Å²) in [5, 5.41) is 1.58. The van der Waals surface area contributed by atoms with E-state index in [0.29, 0.717) is 0 Å². The first-order chi connectivity index (χ1) is 26.9. The summed E-state index contributed by atoms with van der Waals surface area (Å²) in [4.78, 5) is 74.9. The average molecular weight is 926 g/mol. The van der Waals surface area contributed by atoms with Crippen LogP contribution in [-0.4, -0.2) is 128 Å². The first-order valence-corrected chi connectivity index (χ1v) is 20.4. The first-order valence-electron chi connectivity index (χ1n) is 17.4. The number of hydrogen-bond acceptors (Lipinski definition) is 15. The molecule has 10 atom stereocenters. The van der Waals surface area contributed by atoms with E-state index in [1.807, 2.05) is 48.5 Å². The van der Waals surface area contributed by atoms with Gasteiger partial charge in [0.2, 0.25) is 0 Å². The molecule has 2 aromatic carbocycles. The van der Waals surface area contributed by atoms with E-state index in [9.17, 15) is 28.8 Å². The van der Waals surface area contributed by atoms with Gasteiger partial charge in [-0.2, -0.15) is 0 Å². The van der Waals surface area contributed by atoms with E-state index in [2.05, 4.69) is 5.32 Å². The molecule has 312 valence electrons. The summed E-state index contributed by atoms with van der Waals surface area (Å²) < 4.78 is 51.7. The van der Waals surface area contributed by atoms with E-state index in [1.165, 1.54) is 13.8 Å². The Hall–Kier alpha value is -3.51. The van der Waals surface area contributed by atoms with Crippen molar-refractivity contribution in [3.05, 3.63) is 66.2 Å². The Morgan fingerprint density at radius 2 is 1.16 bits per heavy atom. The van der Waals surface area contributed by atoms with Crippen molar-refractivity contribution >= 4 is 90.0 Å². The summed E-state index contributed by atoms with van der Waals surface area (Å²) in [6.45, 7) is 4.74. The number of esters is 5. The number of carbonyl (C=O) groups is 6. The number of rotatable bonds is 15. The van der Waals surface area contributed by atoms with Crippen molar-refractivity contribution in [3.63, 3.8) is 0 Å². The molecule has 4 rings (SSSR count). The molecule has 0 saturated carbocycles. The molecule has 2 fully saturated rings. The summed E-state index contributed by atoms with van der Waals surface area (Å²) in [7, 11) is 0. The van der Waals surface area contributed by atoms with Gasteiger partial charge in [0.15, 0.2) is 0 Å². The standard InChI is InChI=1S/C37H42Cl3NO15Se/c1-19(42)48-17-27-30(51-20(2)43)31(52-21(3)44)28(41-36(47)37(38,39)40)34(55-27)50-18-26-29(49-16-24-12-8-6-9-13-24)32(53-22(4)45)33(54-23(5)46)35(56-26)57-25-14-10-7-11-15-25/h6-15,26-35H,16-18H2,1-5H3,(H,41,47)/t26-,27-,28-,29-,30-,31-,32+,33-,34-,35+/m1/s1. The van der Waals surface area contributed by atoms with Gasteiger partial charge in [0.1, 0.15) is 0 Å². The first kappa shape index (κ1) is 46.2. The molecule has 0 spiro atoms. The Bertz CT molecular complexity index is 1700. The normalized spacial score (nSPS) is 27.3. The van der Waals surface area contributed by atoms with Crippen LogP contribution in [0.1, 0.15) is 40.2 Å². The number of benzene rings is 2. The van der Waals surface area contributed by atoms with Crippen LogP contribution in [0.5, 0.6) is 0 Å². The van der Waals surface area contributed by atoms with Gasteiger partial charge in [0.05, 0.1) is 0 Å². The number of nitrogens with one attached hydrogen (secondary N) is 1. The topological polar surface area (TPSA) is 198 Å². The fraction of sp³-hybridized carbons (Fsp3) is 0.514. The fourth-order valence-electron chi connectivity index (χ4n) is 5.97. The van der Waals surface area contributed by atoms with E-state index >= 15 is 0 Å². The molecule has 0 aromatic heterocycles. The number of ether oxygens (including phenoxy) is 9. The van der Waals surface area contributed by atoms with Crippen molar-refractivity contribution in [1.29, 1.82) is 0 Å². The molecule has 0 aliphatic carbocycles. The number of alkyl halides is 3. The van der Waals surface area contributed by atoms with Crippen LogP contribution in [0.4, 0.5) is 0 Å². The van der Waals surface area contributed by atoms with Crippen molar-refractivity contribution in [3.8, 4) is 0 Å². The second-order valence-corrected chi connectivity index (χ2v) is 17.4. The monoisotopic (exact) mass is 925 g/mol. The summed E-state index contributed by atoms with van der Waals surface area (Å²) in [6.07, 6.45) is -10.6. The Kier molecular flexibility index (Phi) is 17.4. The number of amides is 1. The van der Waals surface area contributed by atoms with Crippen LogP contribution in [0.3, 0.4) is 0 Å². The van der Waals surface area contributed by atoms with Gasteiger partial charge < -0.3 is 0 Å². The molecule has 16 nitrogen and oxygen atoms in total. The summed E-state index contributed by atoms with van der Waals surface area (Å²) in [5.74, 6) is -4.96. The van der Waals surface area contributed by atoms with E-state index in [4.69, 9.17) is 77.4 Å². The van der Waals surface area contributed by atoms with Gasteiger partial charge in [0.25, 0.3) is 0 Å². The van der Waals surface area contributed by atoms with E-state index < -0.39 is 128 Å². The third-order valence-corrected chi connectivity index (χ3v) is 11.1. The third-order valence-electron chi connectivity index (χ3n) is 8.16. The average Bonchev–Trinajstić information content (AvgIpc) is 3.12. The summed E-state index contributed by atoms with van der Waals surface area (Å²) in [5.41, 5.74) is 0.748. The minimum atomic E-state index is -2.53. The van der Waals surface area contributed by atoms with Crippen LogP contribution >= 0.6 is 34.8 Å². The molecule has 0 bridgehead atoms. The SMILES string of the molecule is CC(=O)OC[C@H]1O[C@@H](OC[C@H]2O[C@@H]([Se]c3ccccc3)[C@H](OC(C)=O)[C@@H](OC(C)=O)[C@@H]2OCc2ccccc2)[C@H](NC(=O)C(Cl)(Cl)Cl)[C@@H](OC(C)=O)[C@@H]1OC(C)=O. The zero-order valence-electron chi connectivity index (χ0n) is 31.3. The van der Waals surface area contributed by atoms with Crippen LogP contribution < -0.4 is 9.78 Å². The molecule has 2 heterocycles. The number of carbonyl (C=O) groups excluding carboxylic acids is 6. The third kappa shape index (κ3) is 14.1. The summed E-state index contributed by atoms with van der Waals surface area (Å²) >= 11 is 17.2. The van der Waals surface area contributed by atoms with E-state index in [0.717, 1.165) is 30.8 Å². The van der Waals surface area contributed by atoms with Crippen molar-refractivity contribution in [2.45, 2.75) is 105 Å². The van der Waals surface area contributed by atoms with E-state index in [1.54, 1.807) is 12.1 Å². The Morgan fingerprint density at radius 3 is 1.72 bits per heavy atom. The van der Waals surface area contributed by atoms with Gasteiger partial charge in [-0.25, -0.2) is 0 Å². The molecule has 2 aliphatic heterocycles. The van der Waals surface area contributed by atoms with Gasteiger partial charge in [0, 0.05) is 0 Å². The molecule has 0 radical (unpaired) electrons. The Balaban J connectivity index is 1.78. The van der Waals surface area contributed by atoms with Crippen LogP contribution in [0.2, 0.25) is 0 Å². The molecule has 2 aliphatic rings. The molecule has 1 amide bonds. The van der Waals surface area contributed by atoms with Gasteiger partial charge in [-0.15, -0.1) is 0 Å². The van der Waals surface area contributed by atoms with Crippen LogP contribution in [0, 0.1) is 0 Å². The zero-order chi connectivity index (χ0) is 41.9. The zero-order valence-corrected chi connectivity index (χ0v) is 35.3. The quantitative estimate of drug-likeness (QED) is 0.118. The van der Waals surface area contributed by atoms with Gasteiger partial charge in [-0.3, -0.25) is 0 Å². The maximum absolute atomic E-state index is 13.1. The van der Waals surface area contributed by atoms with Gasteiger partial charge >= 0.3 is 351 Å². The Morgan fingerprint density at radius 1 is 0.632 bits per heavy atom. The van der Waals surface area contributed by atoms with Crippen molar-refractivity contribution in [2.24, 2.45) is 0 Å². The molecule has 0 unspecified atom stereocenters. The second kappa shape index (κ2) is 21.5. The van der Waals surface area contributed by atoms with Crippen molar-refractivity contribution < 1.29 is 71.4 Å². The molecule has 2 saturated heterocycles. The number of halogens is 3. The maximum atomic E-state index is 13.1. The predicted molar refractivity (Wildman–Crippen MR) is 201 cm³/mol. The van der Waals surface area contributed by atoms with Gasteiger partial charge in [-0.1, -0.05) is 0 Å². The minimum absolute atomic E-state index is 0.00463. The van der Waals surface area contributed by atoms with Crippen LogP contribution in [0.15, 0.2) is 60.7 Å². The predicted octanol–water partition coefficient (Wildman–Crippen LogP) is 2.21. The molecule has 20 heteroatoms. The molecular weight excluding hydrogens is 884 g/mol. The fourth-order valence-corrected chi connectivity index (χ4v) is 8.50. The molecular formula is C37H42Cl3NO15Se.